The number of imidazole rings is 1. The molecule has 0 fully saturated rings. The number of hydrogen-bond acceptors (Lipinski definition) is 8. The van der Waals surface area contributed by atoms with Gasteiger partial charge in [-0.05, 0) is 50.6 Å². The van der Waals surface area contributed by atoms with Crippen molar-refractivity contribution in [1.82, 2.24) is 14.5 Å². The fourth-order valence-corrected chi connectivity index (χ4v) is 4.25. The first-order valence-electron chi connectivity index (χ1n) is 11.2. The predicted molar refractivity (Wildman–Crippen MR) is 132 cm³/mol. The van der Waals surface area contributed by atoms with Gasteiger partial charge in [0.15, 0.2) is 0 Å². The van der Waals surface area contributed by atoms with Gasteiger partial charge >= 0.3 is 12.1 Å². The Hall–Kier alpha value is -3.53. The number of aliphatic imine (C=N–C) groups is 1. The van der Waals surface area contributed by atoms with E-state index in [0.717, 1.165) is 32.9 Å². The predicted octanol–water partition coefficient (Wildman–Crippen LogP) is 5.07. The third kappa shape index (κ3) is 5.59. The number of carbonyl (C=O) groups excluding carboxylic acids is 2. The van der Waals surface area contributed by atoms with Gasteiger partial charge in [-0.1, -0.05) is 22.0 Å². The molecule has 1 aromatic carbocycles. The molecule has 0 spiro atoms. The zero-order valence-corrected chi connectivity index (χ0v) is 21.2. The van der Waals surface area contributed by atoms with Crippen LogP contribution < -0.4 is 0 Å². The number of hydrogen-bond donors (Lipinski definition) is 0. The molecule has 9 nitrogen and oxygen atoms in total. The van der Waals surface area contributed by atoms with Gasteiger partial charge in [-0.15, -0.1) is 0 Å². The fraction of sp³-hybridized carbons (Fsp3) is 0.320. The molecule has 3 heterocycles. The first kappa shape index (κ1) is 24.6. The molecule has 182 valence electrons. The van der Waals surface area contributed by atoms with E-state index in [-0.39, 0.29) is 13.0 Å². The molecule has 1 unspecified atom stereocenters. The van der Waals surface area contributed by atoms with E-state index < -0.39 is 24.5 Å². The van der Waals surface area contributed by atoms with Crippen molar-refractivity contribution in [1.29, 1.82) is 0 Å². The second-order valence-corrected chi connectivity index (χ2v) is 8.78. The van der Waals surface area contributed by atoms with E-state index in [4.69, 9.17) is 19.2 Å². The summed E-state index contributed by atoms with van der Waals surface area (Å²) in [6.07, 6.45) is 1.96. The van der Waals surface area contributed by atoms with Gasteiger partial charge in [0, 0.05) is 41.5 Å². The number of aromatic nitrogens is 3. The highest BCUT2D eigenvalue weighted by Gasteiger charge is 2.28. The van der Waals surface area contributed by atoms with Crippen LogP contribution in [0.15, 0.2) is 58.3 Å². The number of carbonyl (C=O) groups is 2. The van der Waals surface area contributed by atoms with Crippen LogP contribution in [0.4, 0.5) is 4.79 Å². The summed E-state index contributed by atoms with van der Waals surface area (Å²) in [5.74, 6) is 0.205. The Bertz CT molecular complexity index is 1260. The summed E-state index contributed by atoms with van der Waals surface area (Å²) in [4.78, 5) is 38.2. The van der Waals surface area contributed by atoms with Crippen LogP contribution in [-0.4, -0.2) is 45.3 Å². The Balaban J connectivity index is 1.63. The van der Waals surface area contributed by atoms with E-state index in [0.29, 0.717) is 12.1 Å². The number of halogens is 1. The number of nitrogens with zero attached hydrogens (tertiary/aromatic N) is 4. The van der Waals surface area contributed by atoms with Gasteiger partial charge in [0.05, 0.1) is 23.7 Å². The number of rotatable bonds is 7. The molecule has 0 amide bonds. The van der Waals surface area contributed by atoms with Crippen LogP contribution in [-0.2, 0) is 19.0 Å². The van der Waals surface area contributed by atoms with E-state index in [2.05, 4.69) is 30.5 Å². The van der Waals surface area contributed by atoms with Gasteiger partial charge in [0.1, 0.15) is 11.9 Å². The summed E-state index contributed by atoms with van der Waals surface area (Å²) in [6, 6.07) is 11.2. The first-order chi connectivity index (χ1) is 16.9. The SMILES string of the molecule is CCOC(=O)OC(C)OC(=O)CC[C@@H]1N=C(c2ccccn2)c2cc(Br)ccc2-n2c(C)cnc21. The maximum Gasteiger partial charge on any atom is 0.511 e. The van der Waals surface area contributed by atoms with Crippen LogP contribution in [0.3, 0.4) is 0 Å². The molecule has 0 saturated carbocycles. The molecule has 2 aromatic heterocycles. The monoisotopic (exact) mass is 540 g/mol. The Labute approximate surface area is 211 Å². The minimum atomic E-state index is -1.06. The van der Waals surface area contributed by atoms with E-state index in [1.54, 1.807) is 19.3 Å². The van der Waals surface area contributed by atoms with E-state index in [9.17, 15) is 9.59 Å². The Morgan fingerprint density at radius 2 is 2.00 bits per heavy atom. The molecule has 3 aromatic rings. The van der Waals surface area contributed by atoms with Crippen LogP contribution in [0.2, 0.25) is 0 Å². The van der Waals surface area contributed by atoms with Crippen LogP contribution in [0, 0.1) is 6.92 Å². The van der Waals surface area contributed by atoms with Gasteiger partial charge in [0.25, 0.3) is 0 Å². The second kappa shape index (κ2) is 10.8. The van der Waals surface area contributed by atoms with Crippen LogP contribution in [0.25, 0.3) is 5.69 Å². The molecular formula is C25H25BrN4O5. The smallest absolute Gasteiger partial charge is 0.435 e. The van der Waals surface area contributed by atoms with Gasteiger partial charge in [-0.3, -0.25) is 19.3 Å². The molecule has 0 aliphatic carbocycles. The second-order valence-electron chi connectivity index (χ2n) is 7.86. The highest BCUT2D eigenvalue weighted by Crippen LogP contribution is 2.34. The summed E-state index contributed by atoms with van der Waals surface area (Å²) >= 11 is 3.57. The molecule has 10 heteroatoms. The third-order valence-electron chi connectivity index (χ3n) is 5.35. The van der Waals surface area contributed by atoms with E-state index >= 15 is 0 Å². The average molecular weight is 541 g/mol. The number of aryl methyl sites for hydroxylation is 1. The molecule has 1 aliphatic rings. The number of fused-ring (bicyclic) bond motifs is 3. The summed E-state index contributed by atoms with van der Waals surface area (Å²) < 4.78 is 17.8. The Morgan fingerprint density at radius 3 is 2.74 bits per heavy atom. The van der Waals surface area contributed by atoms with Crippen molar-refractivity contribution >= 4 is 33.8 Å². The minimum absolute atomic E-state index is 0.0478. The van der Waals surface area contributed by atoms with Crippen LogP contribution in [0.1, 0.15) is 55.5 Å². The van der Waals surface area contributed by atoms with Crippen molar-refractivity contribution in [3.8, 4) is 5.69 Å². The number of ether oxygens (including phenoxy) is 3. The van der Waals surface area contributed by atoms with Gasteiger partial charge in [0.2, 0.25) is 6.29 Å². The van der Waals surface area contributed by atoms with Crippen molar-refractivity contribution in [2.45, 2.75) is 45.9 Å². The quantitative estimate of drug-likeness (QED) is 0.304. The van der Waals surface area contributed by atoms with Crippen molar-refractivity contribution in [2.24, 2.45) is 4.99 Å². The largest absolute Gasteiger partial charge is 0.511 e. The van der Waals surface area contributed by atoms with E-state index in [1.807, 2.05) is 43.3 Å². The normalized spacial score (nSPS) is 15.2. The molecule has 1 aliphatic heterocycles. The Morgan fingerprint density at radius 1 is 1.17 bits per heavy atom. The van der Waals surface area contributed by atoms with Crippen molar-refractivity contribution in [2.75, 3.05) is 6.61 Å². The minimum Gasteiger partial charge on any atom is -0.435 e. The maximum atomic E-state index is 12.5. The molecule has 0 N–H and O–H groups in total. The van der Waals surface area contributed by atoms with Crippen LogP contribution in [0.5, 0.6) is 0 Å². The van der Waals surface area contributed by atoms with Gasteiger partial charge in [-0.25, -0.2) is 9.78 Å². The zero-order valence-electron chi connectivity index (χ0n) is 19.6. The third-order valence-corrected chi connectivity index (χ3v) is 5.85. The first-order valence-corrected chi connectivity index (χ1v) is 12.0. The number of pyridine rings is 1. The molecular weight excluding hydrogens is 516 g/mol. The molecule has 0 saturated heterocycles. The fourth-order valence-electron chi connectivity index (χ4n) is 3.89. The maximum absolute atomic E-state index is 12.5. The molecule has 2 atom stereocenters. The lowest BCUT2D eigenvalue weighted by atomic mass is 10.0. The Kier molecular flexibility index (Phi) is 7.60. The lowest BCUT2D eigenvalue weighted by Crippen LogP contribution is -2.22. The molecule has 0 bridgehead atoms. The van der Waals surface area contributed by atoms with E-state index in [1.165, 1.54) is 6.92 Å². The molecule has 35 heavy (non-hydrogen) atoms. The summed E-state index contributed by atoms with van der Waals surface area (Å²) in [5, 5.41) is 0. The van der Waals surface area contributed by atoms with Crippen molar-refractivity contribution < 1.29 is 23.8 Å². The summed E-state index contributed by atoms with van der Waals surface area (Å²) in [7, 11) is 0. The average Bonchev–Trinajstić information content (AvgIpc) is 3.14. The molecule has 4 rings (SSSR count). The number of benzene rings is 1. The zero-order chi connectivity index (χ0) is 24.9. The lowest BCUT2D eigenvalue weighted by molar-refractivity contribution is -0.168. The molecule has 0 radical (unpaired) electrons. The lowest BCUT2D eigenvalue weighted by Gasteiger charge is -2.16. The van der Waals surface area contributed by atoms with Gasteiger partial charge < -0.3 is 14.2 Å². The highest BCUT2D eigenvalue weighted by atomic mass is 79.9. The van der Waals surface area contributed by atoms with Crippen LogP contribution >= 0.6 is 15.9 Å². The van der Waals surface area contributed by atoms with Gasteiger partial charge in [-0.2, -0.15) is 0 Å². The standard InChI is InChI=1S/C25H25BrN4O5/c1-4-33-25(32)35-16(3)34-22(31)11-9-20-24-28-14-15(2)30(24)21-10-8-17(26)13-18(21)23(29-20)19-7-5-6-12-27-19/h5-8,10,12-14,16,20H,4,9,11H2,1-3H3/t16?,20-/m0/s1. The summed E-state index contributed by atoms with van der Waals surface area (Å²) in [5.41, 5.74) is 4.22. The van der Waals surface area contributed by atoms with Crippen molar-refractivity contribution in [3.63, 3.8) is 0 Å². The summed E-state index contributed by atoms with van der Waals surface area (Å²) in [6.45, 7) is 5.27. The topological polar surface area (TPSA) is 105 Å². The highest BCUT2D eigenvalue weighted by molar-refractivity contribution is 9.10. The number of esters is 1. The van der Waals surface area contributed by atoms with Crippen molar-refractivity contribution in [3.05, 3.63) is 76.0 Å².